The summed E-state index contributed by atoms with van der Waals surface area (Å²) in [5, 5.41) is 4.50. The molecule has 0 saturated heterocycles. The SMILES string of the molecule is CCOc1ccc(C(=O)N/N=C/c2cc(Cl)ccc2OCc2ccc(F)cc2)cc1OC. The Morgan fingerprint density at radius 1 is 1.03 bits per heavy atom. The van der Waals surface area contributed by atoms with Gasteiger partial charge in [-0.25, -0.2) is 9.82 Å². The zero-order chi connectivity index (χ0) is 22.9. The van der Waals surface area contributed by atoms with E-state index in [4.69, 9.17) is 25.8 Å². The summed E-state index contributed by atoms with van der Waals surface area (Å²) in [7, 11) is 1.50. The van der Waals surface area contributed by atoms with Gasteiger partial charge in [0.15, 0.2) is 11.5 Å². The lowest BCUT2D eigenvalue weighted by atomic mass is 10.2. The maximum atomic E-state index is 13.1. The van der Waals surface area contributed by atoms with Crippen molar-refractivity contribution < 1.29 is 23.4 Å². The molecule has 0 bridgehead atoms. The van der Waals surface area contributed by atoms with Crippen molar-refractivity contribution in [3.05, 3.63) is 88.2 Å². The molecular weight excluding hydrogens is 435 g/mol. The number of methoxy groups -OCH3 is 1. The Kier molecular flexibility index (Phi) is 8.05. The van der Waals surface area contributed by atoms with E-state index in [1.54, 1.807) is 48.5 Å². The molecular formula is C24H22ClFN2O4. The van der Waals surface area contributed by atoms with E-state index >= 15 is 0 Å². The van der Waals surface area contributed by atoms with Gasteiger partial charge in [0, 0.05) is 16.1 Å². The summed E-state index contributed by atoms with van der Waals surface area (Å²) >= 11 is 6.09. The molecule has 0 aliphatic carbocycles. The topological polar surface area (TPSA) is 69.2 Å². The van der Waals surface area contributed by atoms with E-state index in [-0.39, 0.29) is 12.4 Å². The van der Waals surface area contributed by atoms with E-state index in [0.29, 0.717) is 40.0 Å². The van der Waals surface area contributed by atoms with Crippen molar-refractivity contribution in [3.8, 4) is 17.2 Å². The Morgan fingerprint density at radius 2 is 1.78 bits per heavy atom. The summed E-state index contributed by atoms with van der Waals surface area (Å²) in [4.78, 5) is 12.5. The normalized spacial score (nSPS) is 10.8. The number of carbonyl (C=O) groups excluding carboxylic acids is 1. The summed E-state index contributed by atoms with van der Waals surface area (Å²) < 4.78 is 29.6. The third-order valence-corrected chi connectivity index (χ3v) is 4.61. The third-order valence-electron chi connectivity index (χ3n) is 4.37. The molecule has 3 rings (SSSR count). The van der Waals surface area contributed by atoms with Crippen LogP contribution in [0.15, 0.2) is 65.8 Å². The number of benzene rings is 3. The number of nitrogens with one attached hydrogen (secondary N) is 1. The minimum Gasteiger partial charge on any atom is -0.493 e. The average Bonchev–Trinajstić information content (AvgIpc) is 2.80. The van der Waals surface area contributed by atoms with E-state index < -0.39 is 5.91 Å². The molecule has 166 valence electrons. The molecule has 8 heteroatoms. The van der Waals surface area contributed by atoms with Crippen molar-refractivity contribution in [1.82, 2.24) is 5.43 Å². The Bertz CT molecular complexity index is 1100. The van der Waals surface area contributed by atoms with E-state index in [0.717, 1.165) is 5.56 Å². The van der Waals surface area contributed by atoms with Gasteiger partial charge in [0.05, 0.1) is 19.9 Å². The van der Waals surface area contributed by atoms with Crippen LogP contribution in [0.3, 0.4) is 0 Å². The van der Waals surface area contributed by atoms with E-state index in [2.05, 4.69) is 10.5 Å². The number of halogens is 2. The van der Waals surface area contributed by atoms with Crippen molar-refractivity contribution in [2.75, 3.05) is 13.7 Å². The van der Waals surface area contributed by atoms with Gasteiger partial charge in [-0.2, -0.15) is 5.10 Å². The molecule has 1 amide bonds. The fraction of sp³-hybridized carbons (Fsp3) is 0.167. The van der Waals surface area contributed by atoms with Crippen molar-refractivity contribution in [1.29, 1.82) is 0 Å². The maximum Gasteiger partial charge on any atom is 0.271 e. The second-order valence-corrected chi connectivity index (χ2v) is 7.03. The smallest absolute Gasteiger partial charge is 0.271 e. The third kappa shape index (κ3) is 6.21. The zero-order valence-corrected chi connectivity index (χ0v) is 18.4. The van der Waals surface area contributed by atoms with E-state index in [9.17, 15) is 9.18 Å². The van der Waals surface area contributed by atoms with Crippen molar-refractivity contribution in [3.63, 3.8) is 0 Å². The molecule has 0 aliphatic rings. The van der Waals surface area contributed by atoms with Gasteiger partial charge in [-0.3, -0.25) is 4.79 Å². The van der Waals surface area contributed by atoms with E-state index in [1.807, 2.05) is 6.92 Å². The van der Waals surface area contributed by atoms with Crippen LogP contribution in [0.25, 0.3) is 0 Å². The number of rotatable bonds is 9. The molecule has 1 N–H and O–H groups in total. The highest BCUT2D eigenvalue weighted by atomic mass is 35.5. The molecule has 0 saturated carbocycles. The second-order valence-electron chi connectivity index (χ2n) is 6.60. The van der Waals surface area contributed by atoms with Crippen LogP contribution in [0, 0.1) is 5.82 Å². The first-order valence-electron chi connectivity index (χ1n) is 9.81. The first kappa shape index (κ1) is 23.1. The first-order valence-corrected chi connectivity index (χ1v) is 10.2. The van der Waals surface area contributed by atoms with Gasteiger partial charge in [0.25, 0.3) is 5.91 Å². The van der Waals surface area contributed by atoms with Crippen molar-refractivity contribution in [2.45, 2.75) is 13.5 Å². The number of hydrogen-bond acceptors (Lipinski definition) is 5. The first-order chi connectivity index (χ1) is 15.5. The Balaban J connectivity index is 1.68. The summed E-state index contributed by atoms with van der Waals surface area (Å²) in [5.74, 6) is 0.790. The van der Waals surface area contributed by atoms with Crippen LogP contribution in [-0.4, -0.2) is 25.8 Å². The summed E-state index contributed by atoms with van der Waals surface area (Å²) in [6.07, 6.45) is 1.44. The van der Waals surface area contributed by atoms with Crippen LogP contribution < -0.4 is 19.6 Å². The molecule has 0 aliphatic heterocycles. The predicted molar refractivity (Wildman–Crippen MR) is 121 cm³/mol. The monoisotopic (exact) mass is 456 g/mol. The summed E-state index contributed by atoms with van der Waals surface area (Å²) in [5.41, 5.74) is 4.21. The van der Waals surface area contributed by atoms with Gasteiger partial charge >= 0.3 is 0 Å². The number of hydrogen-bond donors (Lipinski definition) is 1. The molecule has 0 heterocycles. The van der Waals surface area contributed by atoms with Crippen LogP contribution in [-0.2, 0) is 6.61 Å². The number of hydrazone groups is 1. The number of ether oxygens (including phenoxy) is 3. The molecule has 32 heavy (non-hydrogen) atoms. The highest BCUT2D eigenvalue weighted by Crippen LogP contribution is 2.28. The van der Waals surface area contributed by atoms with Crippen LogP contribution in [0.1, 0.15) is 28.4 Å². The second kappa shape index (κ2) is 11.2. The van der Waals surface area contributed by atoms with Crippen molar-refractivity contribution in [2.24, 2.45) is 5.10 Å². The largest absolute Gasteiger partial charge is 0.493 e. The predicted octanol–water partition coefficient (Wildman–Crippen LogP) is 5.23. The maximum absolute atomic E-state index is 13.1. The number of amides is 1. The van der Waals surface area contributed by atoms with Gasteiger partial charge in [0.1, 0.15) is 18.2 Å². The lowest BCUT2D eigenvalue weighted by molar-refractivity contribution is 0.0954. The molecule has 6 nitrogen and oxygen atoms in total. The van der Waals surface area contributed by atoms with Crippen LogP contribution in [0.2, 0.25) is 5.02 Å². The average molecular weight is 457 g/mol. The minimum absolute atomic E-state index is 0.237. The molecule has 0 atom stereocenters. The van der Waals surface area contributed by atoms with Gasteiger partial charge in [-0.15, -0.1) is 0 Å². The number of carbonyl (C=O) groups is 1. The van der Waals surface area contributed by atoms with Crippen LogP contribution in [0.5, 0.6) is 17.2 Å². The Labute approximate surface area is 190 Å². The molecule has 0 unspecified atom stereocenters. The van der Waals surface area contributed by atoms with Gasteiger partial charge in [-0.05, 0) is 61.0 Å². The highest BCUT2D eigenvalue weighted by Gasteiger charge is 2.11. The lowest BCUT2D eigenvalue weighted by Gasteiger charge is -2.11. The van der Waals surface area contributed by atoms with Crippen molar-refractivity contribution >= 4 is 23.7 Å². The molecule has 0 aromatic heterocycles. The molecule has 3 aromatic carbocycles. The molecule has 0 spiro atoms. The van der Waals surface area contributed by atoms with Crippen LogP contribution >= 0.6 is 11.6 Å². The fourth-order valence-electron chi connectivity index (χ4n) is 2.80. The van der Waals surface area contributed by atoms with Gasteiger partial charge in [-0.1, -0.05) is 23.7 Å². The molecule has 3 aromatic rings. The van der Waals surface area contributed by atoms with Gasteiger partial charge in [0.2, 0.25) is 0 Å². The fourth-order valence-corrected chi connectivity index (χ4v) is 2.98. The van der Waals surface area contributed by atoms with Crippen LogP contribution in [0.4, 0.5) is 4.39 Å². The Hall–Kier alpha value is -3.58. The van der Waals surface area contributed by atoms with Gasteiger partial charge < -0.3 is 14.2 Å². The molecule has 0 radical (unpaired) electrons. The Morgan fingerprint density at radius 3 is 2.50 bits per heavy atom. The lowest BCUT2D eigenvalue weighted by Crippen LogP contribution is -2.17. The highest BCUT2D eigenvalue weighted by molar-refractivity contribution is 6.30. The summed E-state index contributed by atoms with van der Waals surface area (Å²) in [6.45, 7) is 2.58. The summed E-state index contributed by atoms with van der Waals surface area (Å²) in [6, 6.07) is 15.9. The quantitative estimate of drug-likeness (QED) is 0.353. The zero-order valence-electron chi connectivity index (χ0n) is 17.6. The standard InChI is InChI=1S/C24H22ClFN2O4/c1-3-31-22-10-6-17(13-23(22)30-2)24(29)28-27-14-18-12-19(25)7-11-21(18)32-15-16-4-8-20(26)9-5-16/h4-14H,3,15H2,1-2H3,(H,28,29)/b27-14+. The minimum atomic E-state index is -0.418. The molecule has 0 fully saturated rings. The van der Waals surface area contributed by atoms with E-state index in [1.165, 1.54) is 25.5 Å². The number of nitrogens with zero attached hydrogens (tertiary/aromatic N) is 1.